The molecule has 1 fully saturated rings. The number of carbonyl (C=O) groups is 1. The zero-order chi connectivity index (χ0) is 15.0. The number of nitrogens with one attached hydrogen (secondary N) is 1. The highest BCUT2D eigenvalue weighted by molar-refractivity contribution is 5.97. The normalized spacial score (nSPS) is 17.4. The van der Waals surface area contributed by atoms with E-state index in [-0.39, 0.29) is 24.1 Å². The van der Waals surface area contributed by atoms with Crippen LogP contribution in [-0.2, 0) is 11.3 Å². The molecule has 2 N–H and O–H groups in total. The predicted octanol–water partition coefficient (Wildman–Crippen LogP) is 1.36. The second kappa shape index (κ2) is 4.97. The zero-order valence-corrected chi connectivity index (χ0v) is 11.0. The van der Waals surface area contributed by atoms with Crippen molar-refractivity contribution in [1.82, 2.24) is 4.57 Å². The summed E-state index contributed by atoms with van der Waals surface area (Å²) in [7, 11) is 0. The first kappa shape index (κ1) is 14.6. The summed E-state index contributed by atoms with van der Waals surface area (Å²) in [6.07, 6.45) is 1.57. The minimum absolute atomic E-state index is 0.0954. The van der Waals surface area contributed by atoms with Gasteiger partial charge in [-0.25, -0.2) is 0 Å². The summed E-state index contributed by atoms with van der Waals surface area (Å²) < 4.78 is 29.0. The molecule has 0 spiro atoms. The highest BCUT2D eigenvalue weighted by atomic mass is 19.3. The van der Waals surface area contributed by atoms with Crippen LogP contribution in [0.25, 0.3) is 0 Å². The number of halogens is 2. The largest absolute Gasteiger partial charge is 0.383 e. The van der Waals surface area contributed by atoms with E-state index in [0.29, 0.717) is 13.0 Å². The van der Waals surface area contributed by atoms with Crippen LogP contribution in [0.4, 0.5) is 14.5 Å². The molecule has 0 bridgehead atoms. The van der Waals surface area contributed by atoms with Crippen molar-refractivity contribution in [2.24, 2.45) is 0 Å². The molecule has 1 heterocycles. The number of hydrogen-bond donors (Lipinski definition) is 2. The molecule has 0 saturated heterocycles. The van der Waals surface area contributed by atoms with Gasteiger partial charge in [-0.15, -0.1) is 0 Å². The number of aromatic nitrogens is 1. The molecule has 1 aliphatic rings. The maximum Gasteiger partial charge on any atom is 0.352 e. The minimum Gasteiger partial charge on any atom is -0.383 e. The molecule has 0 atom stereocenters. The number of anilines is 1. The van der Waals surface area contributed by atoms with E-state index in [0.717, 1.165) is 0 Å². The number of aliphatic hydroxyl groups is 1. The van der Waals surface area contributed by atoms with Crippen LogP contribution in [-0.4, -0.2) is 27.1 Å². The summed E-state index contributed by atoms with van der Waals surface area (Å²) in [4.78, 5) is 23.0. The van der Waals surface area contributed by atoms with Gasteiger partial charge in [0.05, 0.1) is 5.69 Å². The summed E-state index contributed by atoms with van der Waals surface area (Å²) in [6.45, 7) is 2.08. The van der Waals surface area contributed by atoms with Gasteiger partial charge >= 0.3 is 5.92 Å². The average Bonchev–Trinajstić information content (AvgIpc) is 2.37. The number of carbonyl (C=O) groups excluding carboxylic acids is 1. The number of pyridine rings is 1. The van der Waals surface area contributed by atoms with E-state index in [9.17, 15) is 23.5 Å². The Kier molecular flexibility index (Phi) is 3.64. The van der Waals surface area contributed by atoms with E-state index in [1.165, 1.54) is 22.9 Å². The lowest BCUT2D eigenvalue weighted by Crippen LogP contribution is -2.59. The molecular formula is C13H16F2N2O3. The third-order valence-electron chi connectivity index (χ3n) is 3.63. The lowest BCUT2D eigenvalue weighted by Gasteiger charge is -2.41. The van der Waals surface area contributed by atoms with Gasteiger partial charge in [-0.3, -0.25) is 9.59 Å². The molecule has 1 aromatic rings. The van der Waals surface area contributed by atoms with Crippen molar-refractivity contribution in [2.45, 2.75) is 44.3 Å². The Bertz CT molecular complexity index is 579. The Morgan fingerprint density at radius 2 is 2.15 bits per heavy atom. The molecule has 0 unspecified atom stereocenters. The molecule has 110 valence electrons. The SMILES string of the molecule is CCn1cc(NC(=O)C(F)(F)C2(O)CCC2)ccc1=O. The fourth-order valence-electron chi connectivity index (χ4n) is 2.10. The fourth-order valence-corrected chi connectivity index (χ4v) is 2.10. The molecule has 7 heteroatoms. The van der Waals surface area contributed by atoms with Crippen molar-refractivity contribution in [1.29, 1.82) is 0 Å². The molecular weight excluding hydrogens is 270 g/mol. The first-order chi connectivity index (χ1) is 9.30. The number of nitrogens with zero attached hydrogens (tertiary/aromatic N) is 1. The average molecular weight is 286 g/mol. The van der Waals surface area contributed by atoms with Crippen molar-refractivity contribution in [2.75, 3.05) is 5.32 Å². The van der Waals surface area contributed by atoms with E-state index in [4.69, 9.17) is 0 Å². The fraction of sp³-hybridized carbons (Fsp3) is 0.538. The number of amides is 1. The summed E-state index contributed by atoms with van der Waals surface area (Å²) in [6, 6.07) is 2.45. The van der Waals surface area contributed by atoms with Crippen LogP contribution in [0.2, 0.25) is 0 Å². The summed E-state index contributed by atoms with van der Waals surface area (Å²) in [5.41, 5.74) is -2.44. The second-order valence-electron chi connectivity index (χ2n) is 4.96. The summed E-state index contributed by atoms with van der Waals surface area (Å²) in [5.74, 6) is -5.40. The maximum absolute atomic E-state index is 13.9. The van der Waals surface area contributed by atoms with Gasteiger partial charge in [0.1, 0.15) is 5.60 Å². The minimum atomic E-state index is -3.85. The molecule has 5 nitrogen and oxygen atoms in total. The van der Waals surface area contributed by atoms with Gasteiger partial charge in [0.15, 0.2) is 0 Å². The molecule has 1 aromatic heterocycles. The topological polar surface area (TPSA) is 71.3 Å². The lowest BCUT2D eigenvalue weighted by molar-refractivity contribution is -0.212. The monoisotopic (exact) mass is 286 g/mol. The van der Waals surface area contributed by atoms with Gasteiger partial charge in [0.25, 0.3) is 11.5 Å². The predicted molar refractivity (Wildman–Crippen MR) is 68.8 cm³/mol. The van der Waals surface area contributed by atoms with E-state index in [1.807, 2.05) is 5.32 Å². The van der Waals surface area contributed by atoms with Crippen molar-refractivity contribution >= 4 is 11.6 Å². The number of hydrogen-bond acceptors (Lipinski definition) is 3. The Morgan fingerprint density at radius 1 is 1.50 bits per heavy atom. The third kappa shape index (κ3) is 2.33. The molecule has 1 saturated carbocycles. The van der Waals surface area contributed by atoms with Gasteiger partial charge < -0.3 is 15.0 Å². The zero-order valence-electron chi connectivity index (χ0n) is 11.0. The Balaban J connectivity index is 2.17. The standard InChI is InChI=1S/C13H16F2N2O3/c1-2-17-8-9(4-5-10(17)18)16-11(19)13(14,15)12(20)6-3-7-12/h4-5,8,20H,2-3,6-7H2,1H3,(H,16,19). The third-order valence-corrected chi connectivity index (χ3v) is 3.63. The van der Waals surface area contributed by atoms with Crippen molar-refractivity contribution in [3.63, 3.8) is 0 Å². The first-order valence-corrected chi connectivity index (χ1v) is 6.42. The van der Waals surface area contributed by atoms with Gasteiger partial charge in [-0.1, -0.05) is 0 Å². The van der Waals surface area contributed by atoms with Crippen molar-refractivity contribution in [3.05, 3.63) is 28.7 Å². The smallest absolute Gasteiger partial charge is 0.352 e. The molecule has 0 radical (unpaired) electrons. The molecule has 0 aliphatic heterocycles. The van der Waals surface area contributed by atoms with Crippen LogP contribution in [0.5, 0.6) is 0 Å². The molecule has 1 aliphatic carbocycles. The second-order valence-corrected chi connectivity index (χ2v) is 4.96. The molecule has 20 heavy (non-hydrogen) atoms. The number of alkyl halides is 2. The van der Waals surface area contributed by atoms with E-state index in [2.05, 4.69) is 0 Å². The first-order valence-electron chi connectivity index (χ1n) is 6.42. The Morgan fingerprint density at radius 3 is 2.65 bits per heavy atom. The van der Waals surface area contributed by atoms with Gasteiger partial charge in [0.2, 0.25) is 0 Å². The van der Waals surface area contributed by atoms with Crippen LogP contribution < -0.4 is 10.9 Å². The maximum atomic E-state index is 13.9. The van der Waals surface area contributed by atoms with Gasteiger partial charge in [-0.05, 0) is 32.3 Å². The number of rotatable bonds is 4. The van der Waals surface area contributed by atoms with Crippen LogP contribution >= 0.6 is 0 Å². The van der Waals surface area contributed by atoms with Gasteiger partial charge in [-0.2, -0.15) is 8.78 Å². The summed E-state index contributed by atoms with van der Waals surface area (Å²) >= 11 is 0. The van der Waals surface area contributed by atoms with Crippen LogP contribution in [0.3, 0.4) is 0 Å². The van der Waals surface area contributed by atoms with Crippen LogP contribution in [0.15, 0.2) is 23.1 Å². The van der Waals surface area contributed by atoms with E-state index >= 15 is 0 Å². The Labute approximate surface area is 114 Å². The number of aryl methyl sites for hydroxylation is 1. The van der Waals surface area contributed by atoms with Crippen molar-refractivity contribution < 1.29 is 18.7 Å². The Hall–Kier alpha value is -1.76. The van der Waals surface area contributed by atoms with Gasteiger partial charge in [0, 0.05) is 18.8 Å². The van der Waals surface area contributed by atoms with E-state index < -0.39 is 17.4 Å². The molecule has 2 rings (SSSR count). The van der Waals surface area contributed by atoms with E-state index in [1.54, 1.807) is 6.92 Å². The summed E-state index contributed by atoms with van der Waals surface area (Å²) in [5, 5.41) is 11.7. The quantitative estimate of drug-likeness (QED) is 0.878. The molecule has 1 amide bonds. The molecule has 0 aromatic carbocycles. The highest BCUT2D eigenvalue weighted by Gasteiger charge is 2.61. The lowest BCUT2D eigenvalue weighted by atomic mass is 9.75. The highest BCUT2D eigenvalue weighted by Crippen LogP contribution is 2.44. The van der Waals surface area contributed by atoms with Crippen LogP contribution in [0.1, 0.15) is 26.2 Å². The van der Waals surface area contributed by atoms with Crippen LogP contribution in [0, 0.1) is 0 Å². The van der Waals surface area contributed by atoms with Crippen molar-refractivity contribution in [3.8, 4) is 0 Å².